The van der Waals surface area contributed by atoms with Crippen molar-refractivity contribution in [3.8, 4) is 0 Å². The van der Waals surface area contributed by atoms with Crippen LogP contribution in [0.2, 0.25) is 0 Å². The molecule has 1 heterocycles. The quantitative estimate of drug-likeness (QED) is 0.599. The van der Waals surface area contributed by atoms with Crippen molar-refractivity contribution in [3.05, 3.63) is 23.3 Å². The van der Waals surface area contributed by atoms with Gasteiger partial charge in [-0.3, -0.25) is 0 Å². The molecule has 2 heteroatoms. The molecule has 1 saturated carbocycles. The predicted octanol–water partition coefficient (Wildman–Crippen LogP) is 3.24. The van der Waals surface area contributed by atoms with Gasteiger partial charge in [0, 0.05) is 0 Å². The van der Waals surface area contributed by atoms with Gasteiger partial charge in [-0.15, -0.1) is 0 Å². The summed E-state index contributed by atoms with van der Waals surface area (Å²) in [5, 5.41) is 0. The molecule has 1 aliphatic heterocycles. The molecule has 3 rings (SSSR count). The molecule has 0 aromatic heterocycles. The molecule has 2 nitrogen and oxygen atoms in total. The number of allylic oxidation sites excluding steroid dienone is 1. The molecule has 0 unspecified atom stereocenters. The highest BCUT2D eigenvalue weighted by Crippen LogP contribution is 2.58. The summed E-state index contributed by atoms with van der Waals surface area (Å²) < 4.78 is 5.22. The van der Waals surface area contributed by atoms with Gasteiger partial charge in [-0.05, 0) is 35.2 Å². The van der Waals surface area contributed by atoms with Crippen molar-refractivity contribution in [1.82, 2.24) is 0 Å². The van der Waals surface area contributed by atoms with Gasteiger partial charge in [0.15, 0.2) is 0 Å². The van der Waals surface area contributed by atoms with E-state index >= 15 is 0 Å². The maximum Gasteiger partial charge on any atom is 0.338 e. The Balaban J connectivity index is 2.09. The number of ether oxygens (including phenoxy) is 1. The smallest absolute Gasteiger partial charge is 0.338 e. The van der Waals surface area contributed by atoms with Gasteiger partial charge in [-0.2, -0.15) is 0 Å². The van der Waals surface area contributed by atoms with Crippen LogP contribution in [0, 0.1) is 16.7 Å². The topological polar surface area (TPSA) is 26.3 Å². The normalized spacial score (nSPS) is 38.8. The standard InChI is InChI=1S/C15H20O2/c1-14(2)7-4-8-15(3)11-9-17-13(16)10(11)5-6-12(14)15/h5-6,12H,4,7-9H2,1-3H3/t12-,15-/m0/s1. The summed E-state index contributed by atoms with van der Waals surface area (Å²) in [5.74, 6) is 0.413. The SMILES string of the molecule is CC1(C)CCC[C@@]2(C)C3=C(C=C[C@@H]12)C(=O)OC3. The van der Waals surface area contributed by atoms with E-state index in [9.17, 15) is 4.79 Å². The first-order chi connectivity index (χ1) is 7.95. The largest absolute Gasteiger partial charge is 0.458 e. The van der Waals surface area contributed by atoms with Crippen molar-refractivity contribution in [3.63, 3.8) is 0 Å². The average Bonchev–Trinajstić information content (AvgIpc) is 2.60. The summed E-state index contributed by atoms with van der Waals surface area (Å²) in [6.45, 7) is 7.53. The van der Waals surface area contributed by atoms with Crippen LogP contribution in [0.25, 0.3) is 0 Å². The number of hydrogen-bond donors (Lipinski definition) is 0. The number of cyclic esters (lactones) is 1. The lowest BCUT2D eigenvalue weighted by Crippen LogP contribution is -2.44. The van der Waals surface area contributed by atoms with Crippen LogP contribution in [0.1, 0.15) is 40.0 Å². The number of hydrogen-bond acceptors (Lipinski definition) is 2. The van der Waals surface area contributed by atoms with E-state index in [2.05, 4.69) is 26.8 Å². The molecule has 2 atom stereocenters. The van der Waals surface area contributed by atoms with Crippen LogP contribution in [0.3, 0.4) is 0 Å². The first-order valence-electron chi connectivity index (χ1n) is 6.54. The summed E-state index contributed by atoms with van der Waals surface area (Å²) in [5.41, 5.74) is 2.55. The Bertz CT molecular complexity index is 442. The summed E-state index contributed by atoms with van der Waals surface area (Å²) in [7, 11) is 0. The second-order valence-electron chi connectivity index (χ2n) is 6.56. The van der Waals surface area contributed by atoms with Crippen LogP contribution in [-0.2, 0) is 9.53 Å². The minimum atomic E-state index is -0.126. The highest BCUT2D eigenvalue weighted by Gasteiger charge is 2.51. The highest BCUT2D eigenvalue weighted by atomic mass is 16.5. The number of rotatable bonds is 0. The second-order valence-corrected chi connectivity index (χ2v) is 6.56. The fourth-order valence-electron chi connectivity index (χ4n) is 4.15. The Hall–Kier alpha value is -1.05. The Kier molecular flexibility index (Phi) is 2.11. The first kappa shape index (κ1) is 11.1. The van der Waals surface area contributed by atoms with E-state index in [1.165, 1.54) is 24.8 Å². The van der Waals surface area contributed by atoms with Gasteiger partial charge in [0.05, 0.1) is 5.57 Å². The van der Waals surface area contributed by atoms with Crippen molar-refractivity contribution in [1.29, 1.82) is 0 Å². The second kappa shape index (κ2) is 3.24. The Morgan fingerprint density at radius 3 is 2.82 bits per heavy atom. The molecule has 0 radical (unpaired) electrons. The Morgan fingerprint density at radius 1 is 1.29 bits per heavy atom. The van der Waals surface area contributed by atoms with Crippen molar-refractivity contribution in [2.75, 3.05) is 6.61 Å². The summed E-state index contributed by atoms with van der Waals surface area (Å²) in [6, 6.07) is 0. The molecule has 92 valence electrons. The lowest BCUT2D eigenvalue weighted by atomic mass is 9.52. The van der Waals surface area contributed by atoms with Crippen LogP contribution in [0.5, 0.6) is 0 Å². The summed E-state index contributed by atoms with van der Waals surface area (Å²) in [6.07, 6.45) is 7.96. The van der Waals surface area contributed by atoms with Crippen molar-refractivity contribution in [2.24, 2.45) is 16.7 Å². The van der Waals surface area contributed by atoms with E-state index in [1.54, 1.807) is 0 Å². The molecular formula is C15H20O2. The van der Waals surface area contributed by atoms with Crippen molar-refractivity contribution < 1.29 is 9.53 Å². The van der Waals surface area contributed by atoms with Crippen LogP contribution < -0.4 is 0 Å². The zero-order chi connectivity index (χ0) is 12.3. The molecule has 0 amide bonds. The van der Waals surface area contributed by atoms with Gasteiger partial charge in [0.1, 0.15) is 6.61 Å². The minimum absolute atomic E-state index is 0.126. The average molecular weight is 232 g/mol. The fraction of sp³-hybridized carbons (Fsp3) is 0.667. The van der Waals surface area contributed by atoms with Gasteiger partial charge in [0.25, 0.3) is 0 Å². The maximum absolute atomic E-state index is 11.7. The highest BCUT2D eigenvalue weighted by molar-refractivity contribution is 5.95. The minimum Gasteiger partial charge on any atom is -0.458 e. The maximum atomic E-state index is 11.7. The van der Waals surface area contributed by atoms with E-state index in [-0.39, 0.29) is 11.4 Å². The van der Waals surface area contributed by atoms with Crippen LogP contribution in [-0.4, -0.2) is 12.6 Å². The van der Waals surface area contributed by atoms with Crippen LogP contribution >= 0.6 is 0 Å². The molecule has 3 aliphatic rings. The first-order valence-corrected chi connectivity index (χ1v) is 6.54. The molecule has 0 N–H and O–H groups in total. The summed E-state index contributed by atoms with van der Waals surface area (Å²) >= 11 is 0. The molecule has 0 saturated heterocycles. The van der Waals surface area contributed by atoms with Crippen LogP contribution in [0.4, 0.5) is 0 Å². The molecule has 0 spiro atoms. The van der Waals surface area contributed by atoms with E-state index in [0.29, 0.717) is 17.9 Å². The molecule has 17 heavy (non-hydrogen) atoms. The predicted molar refractivity (Wildman–Crippen MR) is 66.4 cm³/mol. The van der Waals surface area contributed by atoms with E-state index in [0.717, 1.165) is 5.57 Å². The molecule has 0 aromatic rings. The fourth-order valence-corrected chi connectivity index (χ4v) is 4.15. The van der Waals surface area contributed by atoms with Gasteiger partial charge in [0.2, 0.25) is 0 Å². The van der Waals surface area contributed by atoms with Crippen LogP contribution in [0.15, 0.2) is 23.3 Å². The van der Waals surface area contributed by atoms with E-state index in [4.69, 9.17) is 4.74 Å². The Morgan fingerprint density at radius 2 is 2.06 bits per heavy atom. The molecule has 0 bridgehead atoms. The van der Waals surface area contributed by atoms with Gasteiger partial charge in [-0.25, -0.2) is 4.79 Å². The molecular weight excluding hydrogens is 212 g/mol. The van der Waals surface area contributed by atoms with E-state index in [1.807, 2.05) is 6.08 Å². The third-order valence-corrected chi connectivity index (χ3v) is 5.08. The van der Waals surface area contributed by atoms with Gasteiger partial charge < -0.3 is 4.74 Å². The number of carbonyl (C=O) groups is 1. The Labute approximate surface area is 103 Å². The van der Waals surface area contributed by atoms with Gasteiger partial charge >= 0.3 is 5.97 Å². The van der Waals surface area contributed by atoms with Crippen molar-refractivity contribution >= 4 is 5.97 Å². The zero-order valence-electron chi connectivity index (χ0n) is 10.9. The third kappa shape index (κ3) is 1.36. The molecule has 1 fully saturated rings. The zero-order valence-corrected chi connectivity index (χ0v) is 10.9. The molecule has 2 aliphatic carbocycles. The summed E-state index contributed by atoms with van der Waals surface area (Å²) in [4.78, 5) is 11.7. The monoisotopic (exact) mass is 232 g/mol. The van der Waals surface area contributed by atoms with Gasteiger partial charge in [-0.1, -0.05) is 39.3 Å². The lowest BCUT2D eigenvalue weighted by molar-refractivity contribution is -0.135. The lowest BCUT2D eigenvalue weighted by Gasteiger charge is -2.51. The molecule has 0 aromatic carbocycles. The number of esters is 1. The number of fused-ring (bicyclic) bond motifs is 2. The van der Waals surface area contributed by atoms with Crippen molar-refractivity contribution in [2.45, 2.75) is 40.0 Å². The number of carbonyl (C=O) groups excluding carboxylic acids is 1. The third-order valence-electron chi connectivity index (χ3n) is 5.08. The van der Waals surface area contributed by atoms with E-state index < -0.39 is 0 Å².